The summed E-state index contributed by atoms with van der Waals surface area (Å²) in [5, 5.41) is 4.16. The van der Waals surface area contributed by atoms with Gasteiger partial charge in [-0.25, -0.2) is 0 Å². The molecule has 0 aliphatic rings. The van der Waals surface area contributed by atoms with Crippen LogP contribution in [0.25, 0.3) is 0 Å². The molecule has 0 bridgehead atoms. The minimum Gasteiger partial charge on any atom is -0.324 e. The molecule has 96 valence electrons. The monoisotopic (exact) mass is 307 g/mol. The zero-order valence-electron chi connectivity index (χ0n) is 10.7. The quantitative estimate of drug-likeness (QED) is 0.943. The van der Waals surface area contributed by atoms with Crippen molar-refractivity contribution in [2.45, 2.75) is 25.8 Å². The van der Waals surface area contributed by atoms with Crippen LogP contribution in [0.2, 0.25) is 0 Å². The molecule has 2 N–H and O–H groups in total. The highest BCUT2D eigenvalue weighted by Crippen LogP contribution is 2.26. The molecule has 2 rings (SSSR count). The molecule has 0 spiro atoms. The molecular weight excluding hydrogens is 290 g/mol. The molecule has 0 saturated carbocycles. The molecule has 0 saturated heterocycles. The molecule has 1 aromatic heterocycles. The highest BCUT2D eigenvalue weighted by atomic mass is 79.9. The summed E-state index contributed by atoms with van der Waals surface area (Å²) in [5.41, 5.74) is 9.89. The standard InChI is InChI=1S/C14H18BrN3/c1-10-3-5-12(13(15)7-10)14(16)6-4-11-8-17-18(2)9-11/h3,5,7-9,14H,4,6,16H2,1-2H3. The summed E-state index contributed by atoms with van der Waals surface area (Å²) in [6.07, 6.45) is 5.82. The number of aryl methyl sites for hydroxylation is 3. The highest BCUT2D eigenvalue weighted by Gasteiger charge is 2.10. The lowest BCUT2D eigenvalue weighted by Crippen LogP contribution is -2.12. The minimum atomic E-state index is 0.0557. The Morgan fingerprint density at radius 3 is 2.83 bits per heavy atom. The van der Waals surface area contributed by atoms with Crippen LogP contribution < -0.4 is 5.73 Å². The van der Waals surface area contributed by atoms with Gasteiger partial charge in [-0.2, -0.15) is 5.10 Å². The Morgan fingerprint density at radius 2 is 2.22 bits per heavy atom. The van der Waals surface area contributed by atoms with Crippen LogP contribution in [0.15, 0.2) is 35.1 Å². The van der Waals surface area contributed by atoms with Crippen molar-refractivity contribution in [1.82, 2.24) is 9.78 Å². The van der Waals surface area contributed by atoms with Crippen LogP contribution in [0.5, 0.6) is 0 Å². The lowest BCUT2D eigenvalue weighted by atomic mass is 10.0. The molecule has 18 heavy (non-hydrogen) atoms. The Hall–Kier alpha value is -1.13. The minimum absolute atomic E-state index is 0.0557. The van der Waals surface area contributed by atoms with Crippen LogP contribution in [0.1, 0.15) is 29.2 Å². The van der Waals surface area contributed by atoms with Gasteiger partial charge in [0.1, 0.15) is 0 Å². The van der Waals surface area contributed by atoms with E-state index >= 15 is 0 Å². The van der Waals surface area contributed by atoms with Crippen molar-refractivity contribution in [3.05, 3.63) is 51.8 Å². The van der Waals surface area contributed by atoms with E-state index in [1.165, 1.54) is 16.7 Å². The van der Waals surface area contributed by atoms with Crippen LogP contribution >= 0.6 is 15.9 Å². The van der Waals surface area contributed by atoms with E-state index in [9.17, 15) is 0 Å². The van der Waals surface area contributed by atoms with Gasteiger partial charge in [-0.1, -0.05) is 28.1 Å². The lowest BCUT2D eigenvalue weighted by molar-refractivity contribution is 0.648. The molecule has 0 aliphatic heterocycles. The van der Waals surface area contributed by atoms with Crippen LogP contribution in [-0.4, -0.2) is 9.78 Å². The van der Waals surface area contributed by atoms with Gasteiger partial charge in [0.2, 0.25) is 0 Å². The van der Waals surface area contributed by atoms with E-state index in [1.807, 2.05) is 24.1 Å². The van der Waals surface area contributed by atoms with Crippen LogP contribution in [0, 0.1) is 6.92 Å². The second-order valence-corrected chi connectivity index (χ2v) is 5.55. The highest BCUT2D eigenvalue weighted by molar-refractivity contribution is 9.10. The van der Waals surface area contributed by atoms with Gasteiger partial charge in [0.15, 0.2) is 0 Å². The third-order valence-corrected chi connectivity index (χ3v) is 3.74. The van der Waals surface area contributed by atoms with Crippen molar-refractivity contribution in [1.29, 1.82) is 0 Å². The average Bonchev–Trinajstić information content (AvgIpc) is 2.72. The smallest absolute Gasteiger partial charge is 0.0521 e. The van der Waals surface area contributed by atoms with Gasteiger partial charge in [-0.15, -0.1) is 0 Å². The first-order valence-electron chi connectivity index (χ1n) is 6.05. The molecule has 1 unspecified atom stereocenters. The fraction of sp³-hybridized carbons (Fsp3) is 0.357. The fourth-order valence-corrected chi connectivity index (χ4v) is 2.80. The molecule has 0 amide bonds. The Kier molecular flexibility index (Phi) is 4.19. The van der Waals surface area contributed by atoms with E-state index in [2.05, 4.69) is 46.2 Å². The van der Waals surface area contributed by atoms with Gasteiger partial charge in [0, 0.05) is 23.8 Å². The van der Waals surface area contributed by atoms with Crippen LogP contribution in [0.3, 0.4) is 0 Å². The third kappa shape index (κ3) is 3.21. The Morgan fingerprint density at radius 1 is 1.44 bits per heavy atom. The molecular formula is C14H18BrN3. The molecule has 3 nitrogen and oxygen atoms in total. The van der Waals surface area contributed by atoms with Crippen molar-refractivity contribution in [2.24, 2.45) is 12.8 Å². The molecule has 2 aromatic rings. The fourth-order valence-electron chi connectivity index (χ4n) is 2.01. The molecule has 4 heteroatoms. The molecule has 0 radical (unpaired) electrons. The second-order valence-electron chi connectivity index (χ2n) is 4.69. The summed E-state index contributed by atoms with van der Waals surface area (Å²) in [6.45, 7) is 2.08. The van der Waals surface area contributed by atoms with Crippen LogP contribution in [0.4, 0.5) is 0 Å². The topological polar surface area (TPSA) is 43.8 Å². The van der Waals surface area contributed by atoms with Crippen LogP contribution in [-0.2, 0) is 13.5 Å². The van der Waals surface area contributed by atoms with E-state index in [-0.39, 0.29) is 6.04 Å². The maximum atomic E-state index is 6.24. The van der Waals surface area contributed by atoms with Crippen molar-refractivity contribution in [3.8, 4) is 0 Å². The first-order valence-corrected chi connectivity index (χ1v) is 6.84. The number of benzene rings is 1. The summed E-state index contributed by atoms with van der Waals surface area (Å²) in [5.74, 6) is 0. The normalized spacial score (nSPS) is 12.7. The zero-order chi connectivity index (χ0) is 13.1. The maximum Gasteiger partial charge on any atom is 0.0521 e. The summed E-state index contributed by atoms with van der Waals surface area (Å²) in [6, 6.07) is 6.37. The number of hydrogen-bond acceptors (Lipinski definition) is 2. The number of hydrogen-bond donors (Lipinski definition) is 1. The molecule has 1 atom stereocenters. The number of aromatic nitrogens is 2. The van der Waals surface area contributed by atoms with E-state index in [4.69, 9.17) is 5.73 Å². The molecule has 1 aromatic carbocycles. The summed E-state index contributed by atoms with van der Waals surface area (Å²) < 4.78 is 2.92. The number of halogens is 1. The van der Waals surface area contributed by atoms with Gasteiger partial charge in [0.05, 0.1) is 6.20 Å². The Labute approximate surface area is 116 Å². The van der Waals surface area contributed by atoms with E-state index < -0.39 is 0 Å². The zero-order valence-corrected chi connectivity index (χ0v) is 12.3. The van der Waals surface area contributed by atoms with Gasteiger partial charge in [-0.05, 0) is 42.5 Å². The van der Waals surface area contributed by atoms with Crippen molar-refractivity contribution in [3.63, 3.8) is 0 Å². The first-order chi connectivity index (χ1) is 8.56. The van der Waals surface area contributed by atoms with E-state index in [0.29, 0.717) is 0 Å². The van der Waals surface area contributed by atoms with Gasteiger partial charge in [0.25, 0.3) is 0 Å². The Balaban J connectivity index is 2.01. The predicted molar refractivity (Wildman–Crippen MR) is 77.3 cm³/mol. The summed E-state index contributed by atoms with van der Waals surface area (Å²) in [7, 11) is 1.93. The molecule has 0 aliphatic carbocycles. The third-order valence-electron chi connectivity index (χ3n) is 3.06. The van der Waals surface area contributed by atoms with Crippen molar-refractivity contribution < 1.29 is 0 Å². The van der Waals surface area contributed by atoms with Gasteiger partial charge in [-0.3, -0.25) is 4.68 Å². The number of nitrogens with two attached hydrogens (primary N) is 1. The van der Waals surface area contributed by atoms with Crippen molar-refractivity contribution in [2.75, 3.05) is 0 Å². The average molecular weight is 308 g/mol. The first kappa shape index (κ1) is 13.3. The maximum absolute atomic E-state index is 6.24. The van der Waals surface area contributed by atoms with Gasteiger partial charge < -0.3 is 5.73 Å². The molecule has 0 fully saturated rings. The van der Waals surface area contributed by atoms with Crippen molar-refractivity contribution >= 4 is 15.9 Å². The predicted octanol–water partition coefficient (Wildman–Crippen LogP) is 3.12. The number of nitrogens with zero attached hydrogens (tertiary/aromatic N) is 2. The lowest BCUT2D eigenvalue weighted by Gasteiger charge is -2.13. The SMILES string of the molecule is Cc1ccc(C(N)CCc2cnn(C)c2)c(Br)c1. The largest absolute Gasteiger partial charge is 0.324 e. The summed E-state index contributed by atoms with van der Waals surface area (Å²) >= 11 is 3.58. The number of rotatable bonds is 4. The summed E-state index contributed by atoms with van der Waals surface area (Å²) in [4.78, 5) is 0. The van der Waals surface area contributed by atoms with E-state index in [0.717, 1.165) is 17.3 Å². The second kappa shape index (κ2) is 5.67. The van der Waals surface area contributed by atoms with Gasteiger partial charge >= 0.3 is 0 Å². The Bertz CT molecular complexity index is 534. The molecule has 1 heterocycles. The van der Waals surface area contributed by atoms with E-state index in [1.54, 1.807) is 0 Å².